The van der Waals surface area contributed by atoms with Crippen molar-refractivity contribution >= 4 is 18.0 Å². The first kappa shape index (κ1) is 22.1. The highest BCUT2D eigenvalue weighted by Gasteiger charge is 2.32. The summed E-state index contributed by atoms with van der Waals surface area (Å²) in [5.74, 6) is -0.742. The second-order valence-electron chi connectivity index (χ2n) is 7.25. The first-order valence-electron chi connectivity index (χ1n) is 10.1. The summed E-state index contributed by atoms with van der Waals surface area (Å²) in [6, 6.07) is 17.6. The molecular weight excluding hydrogens is 396 g/mol. The van der Waals surface area contributed by atoms with E-state index in [0.29, 0.717) is 6.42 Å². The van der Waals surface area contributed by atoms with E-state index in [1.54, 1.807) is 6.08 Å². The molecule has 1 aliphatic heterocycles. The summed E-state index contributed by atoms with van der Waals surface area (Å²) >= 11 is 0. The van der Waals surface area contributed by atoms with E-state index >= 15 is 0 Å². The molecule has 1 N–H and O–H groups in total. The third-order valence-corrected chi connectivity index (χ3v) is 4.84. The number of benzene rings is 2. The normalized spacial score (nSPS) is 17.9. The zero-order valence-electron chi connectivity index (χ0n) is 17.4. The minimum absolute atomic E-state index is 0.0431. The number of nitrogens with zero attached hydrogens (tertiary/aromatic N) is 1. The van der Waals surface area contributed by atoms with Crippen LogP contribution < -0.4 is 5.32 Å². The number of hydrogen-bond acceptors (Lipinski definition) is 5. The Morgan fingerprint density at radius 1 is 1.00 bits per heavy atom. The van der Waals surface area contributed by atoms with Crippen LogP contribution >= 0.6 is 0 Å². The van der Waals surface area contributed by atoms with Crippen molar-refractivity contribution in [3.8, 4) is 0 Å². The van der Waals surface area contributed by atoms with Crippen LogP contribution in [-0.2, 0) is 32.2 Å². The van der Waals surface area contributed by atoms with Crippen molar-refractivity contribution in [2.75, 3.05) is 6.61 Å². The molecule has 0 bridgehead atoms. The average molecular weight is 422 g/mol. The minimum atomic E-state index is -0.748. The van der Waals surface area contributed by atoms with E-state index in [1.165, 1.54) is 11.8 Å². The predicted octanol–water partition coefficient (Wildman–Crippen LogP) is 3.20. The van der Waals surface area contributed by atoms with Crippen LogP contribution in [0, 0.1) is 0 Å². The smallest absolute Gasteiger partial charge is 0.411 e. The second kappa shape index (κ2) is 11.0. The van der Waals surface area contributed by atoms with Gasteiger partial charge in [0.2, 0.25) is 5.91 Å². The third-order valence-electron chi connectivity index (χ3n) is 4.84. The van der Waals surface area contributed by atoms with Crippen molar-refractivity contribution < 1.29 is 23.9 Å². The van der Waals surface area contributed by atoms with Crippen molar-refractivity contribution in [3.63, 3.8) is 0 Å². The summed E-state index contributed by atoms with van der Waals surface area (Å²) in [5, 5.41) is 2.83. The van der Waals surface area contributed by atoms with E-state index < -0.39 is 24.1 Å². The lowest BCUT2D eigenvalue weighted by molar-refractivity contribution is -0.142. The largest absolute Gasteiger partial charge is 0.463 e. The second-order valence-corrected chi connectivity index (χ2v) is 7.25. The molecule has 31 heavy (non-hydrogen) atoms. The Kier molecular flexibility index (Phi) is 7.81. The number of nitrogens with one attached hydrogen (secondary N) is 1. The lowest BCUT2D eigenvalue weighted by atomic mass is 10.1. The summed E-state index contributed by atoms with van der Waals surface area (Å²) < 4.78 is 10.5. The Hall–Kier alpha value is -3.61. The van der Waals surface area contributed by atoms with Crippen LogP contribution in [-0.4, -0.2) is 41.6 Å². The van der Waals surface area contributed by atoms with Gasteiger partial charge in [-0.1, -0.05) is 72.8 Å². The van der Waals surface area contributed by atoms with Gasteiger partial charge >= 0.3 is 12.1 Å². The Bertz CT molecular complexity index is 914. The van der Waals surface area contributed by atoms with Gasteiger partial charge < -0.3 is 14.8 Å². The van der Waals surface area contributed by atoms with Gasteiger partial charge in [0, 0.05) is 13.5 Å². The summed E-state index contributed by atoms with van der Waals surface area (Å²) in [4.78, 5) is 38.5. The van der Waals surface area contributed by atoms with Gasteiger partial charge in [-0.3, -0.25) is 14.5 Å². The lowest BCUT2D eigenvalue weighted by Gasteiger charge is -2.29. The molecule has 3 rings (SSSR count). The van der Waals surface area contributed by atoms with Gasteiger partial charge in [-0.15, -0.1) is 0 Å². The third kappa shape index (κ3) is 6.70. The number of hydrogen-bond donors (Lipinski definition) is 1. The van der Waals surface area contributed by atoms with Gasteiger partial charge in [-0.2, -0.15) is 0 Å². The van der Waals surface area contributed by atoms with Crippen LogP contribution in [0.1, 0.15) is 24.5 Å². The van der Waals surface area contributed by atoms with E-state index in [2.05, 4.69) is 5.32 Å². The van der Waals surface area contributed by atoms with Crippen molar-refractivity contribution in [3.05, 3.63) is 83.9 Å². The summed E-state index contributed by atoms with van der Waals surface area (Å²) in [6.07, 6.45) is 3.35. The molecule has 7 heteroatoms. The Morgan fingerprint density at radius 2 is 1.65 bits per heavy atom. The molecule has 162 valence electrons. The quantitative estimate of drug-likeness (QED) is 0.547. The van der Waals surface area contributed by atoms with Gasteiger partial charge in [0.1, 0.15) is 19.3 Å². The molecule has 0 unspecified atom stereocenters. The molecule has 0 saturated carbocycles. The number of esters is 1. The van der Waals surface area contributed by atoms with Gasteiger partial charge in [0.05, 0.1) is 6.04 Å². The molecule has 1 aliphatic rings. The van der Waals surface area contributed by atoms with Crippen molar-refractivity contribution in [1.29, 1.82) is 0 Å². The Morgan fingerprint density at radius 3 is 2.29 bits per heavy atom. The van der Waals surface area contributed by atoms with Crippen LogP contribution in [0.2, 0.25) is 0 Å². The molecule has 2 atom stereocenters. The number of rotatable bonds is 7. The van der Waals surface area contributed by atoms with E-state index in [-0.39, 0.29) is 25.7 Å². The van der Waals surface area contributed by atoms with E-state index in [4.69, 9.17) is 9.47 Å². The maximum Gasteiger partial charge on any atom is 0.411 e. The fourth-order valence-electron chi connectivity index (χ4n) is 3.26. The predicted molar refractivity (Wildman–Crippen MR) is 115 cm³/mol. The highest BCUT2D eigenvalue weighted by molar-refractivity contribution is 5.86. The average Bonchev–Trinajstić information content (AvgIpc) is 2.96. The molecule has 0 saturated heterocycles. The van der Waals surface area contributed by atoms with Gasteiger partial charge in [0.25, 0.3) is 0 Å². The first-order valence-corrected chi connectivity index (χ1v) is 10.1. The number of carbonyl (C=O) groups is 3. The van der Waals surface area contributed by atoms with Crippen LogP contribution in [0.15, 0.2) is 72.8 Å². The zero-order chi connectivity index (χ0) is 22.1. The minimum Gasteiger partial charge on any atom is -0.463 e. The highest BCUT2D eigenvalue weighted by atomic mass is 16.6. The van der Waals surface area contributed by atoms with Crippen LogP contribution in [0.5, 0.6) is 0 Å². The van der Waals surface area contributed by atoms with Crippen LogP contribution in [0.25, 0.3) is 0 Å². The maximum absolute atomic E-state index is 13.0. The standard InChI is InChI=1S/C24H26N2O5/c1-18(27)30-17-21-13-8-14-22(23(28)25-21)26(15-19-9-4-2-5-10-19)24(29)31-16-20-11-6-3-7-12-20/h2-13,21-22H,14-17H2,1H3,(H,25,28)/t21-,22+/m1/s1. The SMILES string of the molecule is CC(=O)OC[C@H]1C=CC[C@H](N(Cc2ccccc2)C(=O)OCc2ccccc2)C(=O)N1. The van der Waals surface area contributed by atoms with Gasteiger partial charge in [-0.25, -0.2) is 4.79 Å². The molecule has 0 fully saturated rings. The molecular formula is C24H26N2O5. The molecule has 0 aliphatic carbocycles. The maximum atomic E-state index is 13.0. The van der Waals surface area contributed by atoms with Crippen molar-refractivity contribution in [2.45, 2.75) is 38.6 Å². The lowest BCUT2D eigenvalue weighted by Crippen LogP contribution is -2.50. The van der Waals surface area contributed by atoms with Crippen LogP contribution in [0.4, 0.5) is 4.79 Å². The van der Waals surface area contributed by atoms with E-state index in [1.807, 2.05) is 66.7 Å². The number of amides is 2. The number of carbonyl (C=O) groups excluding carboxylic acids is 3. The fraction of sp³-hybridized carbons (Fsp3) is 0.292. The van der Waals surface area contributed by atoms with E-state index in [0.717, 1.165) is 11.1 Å². The summed E-state index contributed by atoms with van der Waals surface area (Å²) in [5.41, 5.74) is 1.75. The fourth-order valence-corrected chi connectivity index (χ4v) is 3.26. The van der Waals surface area contributed by atoms with Gasteiger partial charge in [-0.05, 0) is 17.5 Å². The van der Waals surface area contributed by atoms with Gasteiger partial charge in [0.15, 0.2) is 0 Å². The molecule has 2 aromatic carbocycles. The summed E-state index contributed by atoms with van der Waals surface area (Å²) in [6.45, 7) is 1.70. The molecule has 0 aromatic heterocycles. The molecule has 2 amide bonds. The monoisotopic (exact) mass is 422 g/mol. The topological polar surface area (TPSA) is 84.9 Å². The molecule has 7 nitrogen and oxygen atoms in total. The molecule has 2 aromatic rings. The molecule has 0 spiro atoms. The van der Waals surface area contributed by atoms with Crippen molar-refractivity contribution in [1.82, 2.24) is 10.2 Å². The highest BCUT2D eigenvalue weighted by Crippen LogP contribution is 2.17. The summed E-state index contributed by atoms with van der Waals surface area (Å²) in [7, 11) is 0. The number of ether oxygens (including phenoxy) is 2. The van der Waals surface area contributed by atoms with Crippen molar-refractivity contribution in [2.24, 2.45) is 0 Å². The first-order chi connectivity index (χ1) is 15.0. The Labute approximate surface area is 181 Å². The zero-order valence-corrected chi connectivity index (χ0v) is 17.4. The van der Waals surface area contributed by atoms with Crippen LogP contribution in [0.3, 0.4) is 0 Å². The van der Waals surface area contributed by atoms with E-state index in [9.17, 15) is 14.4 Å². The molecule has 1 heterocycles. The molecule has 0 radical (unpaired) electrons. The Balaban J connectivity index is 1.73.